The largest absolute Gasteiger partial charge is 0.369 e. The third-order valence-electron chi connectivity index (χ3n) is 2.98. The molecule has 16 heavy (non-hydrogen) atoms. The zero-order valence-electron chi connectivity index (χ0n) is 9.96. The molecule has 1 fully saturated rings. The highest BCUT2D eigenvalue weighted by Gasteiger charge is 2.28. The molecule has 0 radical (unpaired) electrons. The van der Waals surface area contributed by atoms with Crippen molar-refractivity contribution < 1.29 is 4.39 Å². The van der Waals surface area contributed by atoms with Crippen LogP contribution in [-0.4, -0.2) is 19.6 Å². The third kappa shape index (κ3) is 2.53. The molecule has 0 bridgehead atoms. The normalized spacial score (nSPS) is 15.2. The van der Waals surface area contributed by atoms with E-state index >= 15 is 0 Å². The van der Waals surface area contributed by atoms with Gasteiger partial charge in [0.2, 0.25) is 0 Å². The molecule has 0 aromatic heterocycles. The van der Waals surface area contributed by atoms with Crippen LogP contribution in [0.5, 0.6) is 0 Å². The molecule has 0 atom stereocenters. The van der Waals surface area contributed by atoms with E-state index in [4.69, 9.17) is 0 Å². The Kier molecular flexibility index (Phi) is 3.44. The van der Waals surface area contributed by atoms with Crippen LogP contribution >= 0.6 is 0 Å². The molecule has 1 aliphatic carbocycles. The van der Waals surface area contributed by atoms with Gasteiger partial charge in [-0.1, -0.05) is 0 Å². The third-order valence-corrected chi connectivity index (χ3v) is 2.98. The molecule has 0 spiro atoms. The Labute approximate surface area is 96.5 Å². The molecule has 1 aliphatic rings. The summed E-state index contributed by atoms with van der Waals surface area (Å²) in [6.45, 7) is 3.79. The number of anilines is 1. The lowest BCUT2D eigenvalue weighted by Gasteiger charge is -2.23. The molecule has 0 unspecified atom stereocenters. The first kappa shape index (κ1) is 11.4. The van der Waals surface area contributed by atoms with Crippen molar-refractivity contribution in [3.63, 3.8) is 0 Å². The van der Waals surface area contributed by atoms with Crippen molar-refractivity contribution in [1.29, 1.82) is 0 Å². The summed E-state index contributed by atoms with van der Waals surface area (Å²) >= 11 is 0. The highest BCUT2D eigenvalue weighted by molar-refractivity contribution is 5.51. The van der Waals surface area contributed by atoms with Crippen molar-refractivity contribution in [1.82, 2.24) is 5.32 Å². The summed E-state index contributed by atoms with van der Waals surface area (Å²) in [5.74, 6) is -0.137. The van der Waals surface area contributed by atoms with Crippen molar-refractivity contribution >= 4 is 5.69 Å². The molecular formula is C13H19FN2. The lowest BCUT2D eigenvalue weighted by Crippen LogP contribution is -2.25. The summed E-state index contributed by atoms with van der Waals surface area (Å²) in [4.78, 5) is 2.29. The van der Waals surface area contributed by atoms with Crippen LogP contribution in [0.25, 0.3) is 0 Å². The Morgan fingerprint density at radius 2 is 2.12 bits per heavy atom. The summed E-state index contributed by atoms with van der Waals surface area (Å²) in [5.41, 5.74) is 2.03. The first-order valence-electron chi connectivity index (χ1n) is 5.95. The summed E-state index contributed by atoms with van der Waals surface area (Å²) in [6, 6.07) is 5.96. The quantitative estimate of drug-likeness (QED) is 0.823. The van der Waals surface area contributed by atoms with Crippen LogP contribution in [0.15, 0.2) is 18.2 Å². The molecule has 1 N–H and O–H groups in total. The molecule has 1 aromatic rings. The van der Waals surface area contributed by atoms with Gasteiger partial charge in [0.15, 0.2) is 0 Å². The Morgan fingerprint density at radius 1 is 1.38 bits per heavy atom. The fourth-order valence-electron chi connectivity index (χ4n) is 2.14. The van der Waals surface area contributed by atoms with Gasteiger partial charge in [0, 0.05) is 24.8 Å². The van der Waals surface area contributed by atoms with Crippen LogP contribution < -0.4 is 10.2 Å². The number of benzene rings is 1. The van der Waals surface area contributed by atoms with Gasteiger partial charge in [0.05, 0.1) is 0 Å². The maximum absolute atomic E-state index is 13.5. The van der Waals surface area contributed by atoms with Crippen molar-refractivity contribution in [3.8, 4) is 0 Å². The van der Waals surface area contributed by atoms with Crippen molar-refractivity contribution in [3.05, 3.63) is 29.6 Å². The molecule has 1 saturated carbocycles. The lowest BCUT2D eigenvalue weighted by atomic mass is 10.1. The maximum Gasteiger partial charge on any atom is 0.125 e. The second-order valence-corrected chi connectivity index (χ2v) is 4.37. The predicted molar refractivity (Wildman–Crippen MR) is 65.2 cm³/mol. The zero-order valence-corrected chi connectivity index (χ0v) is 9.96. The monoisotopic (exact) mass is 222 g/mol. The zero-order chi connectivity index (χ0) is 11.5. The Hall–Kier alpha value is -1.09. The SMILES string of the molecule is CCN(c1cc(F)cc(CNC)c1)C1CC1. The fraction of sp³-hybridized carbons (Fsp3) is 0.538. The van der Waals surface area contributed by atoms with Crippen LogP contribution in [0.3, 0.4) is 0 Å². The Balaban J connectivity index is 2.24. The van der Waals surface area contributed by atoms with Gasteiger partial charge in [-0.25, -0.2) is 4.39 Å². The summed E-state index contributed by atoms with van der Waals surface area (Å²) < 4.78 is 13.5. The molecule has 3 heteroatoms. The van der Waals surface area contributed by atoms with Gasteiger partial charge in [-0.15, -0.1) is 0 Å². The first-order valence-corrected chi connectivity index (χ1v) is 5.95. The van der Waals surface area contributed by atoms with Crippen LogP contribution in [0.1, 0.15) is 25.3 Å². The van der Waals surface area contributed by atoms with Gasteiger partial charge < -0.3 is 10.2 Å². The molecule has 0 amide bonds. The van der Waals surface area contributed by atoms with E-state index in [1.165, 1.54) is 12.8 Å². The van der Waals surface area contributed by atoms with E-state index in [-0.39, 0.29) is 5.82 Å². The van der Waals surface area contributed by atoms with E-state index < -0.39 is 0 Å². The van der Waals surface area contributed by atoms with Gasteiger partial charge in [-0.2, -0.15) is 0 Å². The fourth-order valence-corrected chi connectivity index (χ4v) is 2.14. The second-order valence-electron chi connectivity index (χ2n) is 4.37. The van der Waals surface area contributed by atoms with E-state index in [0.29, 0.717) is 12.6 Å². The van der Waals surface area contributed by atoms with Crippen LogP contribution in [0, 0.1) is 5.82 Å². The van der Waals surface area contributed by atoms with Crippen molar-refractivity contribution in [2.75, 3.05) is 18.5 Å². The smallest absolute Gasteiger partial charge is 0.125 e. The van der Waals surface area contributed by atoms with Crippen LogP contribution in [-0.2, 0) is 6.54 Å². The second kappa shape index (κ2) is 4.83. The van der Waals surface area contributed by atoms with Gasteiger partial charge >= 0.3 is 0 Å². The van der Waals surface area contributed by atoms with E-state index in [1.807, 2.05) is 7.05 Å². The predicted octanol–water partition coefficient (Wildman–Crippen LogP) is 2.53. The highest BCUT2D eigenvalue weighted by Crippen LogP contribution is 2.32. The topological polar surface area (TPSA) is 15.3 Å². The molecule has 2 nitrogen and oxygen atoms in total. The molecular weight excluding hydrogens is 203 g/mol. The number of halogens is 1. The minimum absolute atomic E-state index is 0.137. The first-order chi connectivity index (χ1) is 7.74. The van der Waals surface area contributed by atoms with E-state index in [9.17, 15) is 4.39 Å². The summed E-state index contributed by atoms with van der Waals surface area (Å²) in [7, 11) is 1.88. The van der Waals surface area contributed by atoms with E-state index in [2.05, 4.69) is 23.2 Å². The number of hydrogen-bond acceptors (Lipinski definition) is 2. The number of nitrogens with zero attached hydrogens (tertiary/aromatic N) is 1. The molecule has 2 rings (SSSR count). The molecule has 1 aromatic carbocycles. The number of rotatable bonds is 5. The van der Waals surface area contributed by atoms with E-state index in [0.717, 1.165) is 17.8 Å². The molecule has 0 heterocycles. The Morgan fingerprint density at radius 3 is 2.69 bits per heavy atom. The summed E-state index contributed by atoms with van der Waals surface area (Å²) in [6.07, 6.45) is 2.48. The summed E-state index contributed by atoms with van der Waals surface area (Å²) in [5, 5.41) is 3.06. The van der Waals surface area contributed by atoms with Gasteiger partial charge in [-0.05, 0) is 50.6 Å². The maximum atomic E-state index is 13.5. The standard InChI is InChI=1S/C13H19FN2/c1-3-16(12-4-5-12)13-7-10(9-15-2)6-11(14)8-13/h6-8,12,15H,3-5,9H2,1-2H3. The molecule has 0 saturated heterocycles. The minimum Gasteiger partial charge on any atom is -0.369 e. The average molecular weight is 222 g/mol. The average Bonchev–Trinajstić information content (AvgIpc) is 3.03. The van der Waals surface area contributed by atoms with Crippen LogP contribution in [0.4, 0.5) is 10.1 Å². The van der Waals surface area contributed by atoms with Crippen molar-refractivity contribution in [2.45, 2.75) is 32.4 Å². The highest BCUT2D eigenvalue weighted by atomic mass is 19.1. The molecule has 0 aliphatic heterocycles. The van der Waals surface area contributed by atoms with Gasteiger partial charge in [0.25, 0.3) is 0 Å². The van der Waals surface area contributed by atoms with Crippen LogP contribution in [0.2, 0.25) is 0 Å². The van der Waals surface area contributed by atoms with E-state index in [1.54, 1.807) is 12.1 Å². The number of hydrogen-bond donors (Lipinski definition) is 1. The van der Waals surface area contributed by atoms with Crippen molar-refractivity contribution in [2.24, 2.45) is 0 Å². The van der Waals surface area contributed by atoms with Gasteiger partial charge in [-0.3, -0.25) is 0 Å². The Bertz CT molecular complexity index is 361. The van der Waals surface area contributed by atoms with Gasteiger partial charge in [0.1, 0.15) is 5.82 Å². The number of nitrogens with one attached hydrogen (secondary N) is 1. The lowest BCUT2D eigenvalue weighted by molar-refractivity contribution is 0.622. The minimum atomic E-state index is -0.137. The molecule has 88 valence electrons.